The van der Waals surface area contributed by atoms with E-state index in [1.807, 2.05) is 61.5 Å². The highest BCUT2D eigenvalue weighted by molar-refractivity contribution is 9.10. The lowest BCUT2D eigenvalue weighted by Crippen LogP contribution is -2.04. The van der Waals surface area contributed by atoms with Gasteiger partial charge < -0.3 is 0 Å². The van der Waals surface area contributed by atoms with E-state index < -0.39 is 10.0 Å². The van der Waals surface area contributed by atoms with E-state index in [9.17, 15) is 8.42 Å². The van der Waals surface area contributed by atoms with Gasteiger partial charge >= 0.3 is 0 Å². The van der Waals surface area contributed by atoms with Gasteiger partial charge in [-0.3, -0.25) is 0 Å². The Kier molecular flexibility index (Phi) is 6.65. The van der Waals surface area contributed by atoms with Crippen molar-refractivity contribution in [3.05, 3.63) is 105 Å². The van der Waals surface area contributed by atoms with Gasteiger partial charge in [0, 0.05) is 14.5 Å². The first-order chi connectivity index (χ1) is 13.3. The monoisotopic (exact) mass is 517 g/mol. The summed E-state index contributed by atoms with van der Waals surface area (Å²) in [4.78, 5) is 0.171. The van der Waals surface area contributed by atoms with Gasteiger partial charge in [0.1, 0.15) is 0 Å². The van der Waals surface area contributed by atoms with Crippen LogP contribution in [0.1, 0.15) is 16.7 Å². The van der Waals surface area contributed by atoms with Crippen molar-refractivity contribution in [3.8, 4) is 0 Å². The van der Waals surface area contributed by atoms with Crippen LogP contribution in [0.2, 0.25) is 0 Å². The van der Waals surface area contributed by atoms with E-state index >= 15 is 0 Å². The number of aryl methyl sites for hydroxylation is 1. The summed E-state index contributed by atoms with van der Waals surface area (Å²) in [6.45, 7) is 1.91. The molecule has 3 rings (SSSR count). The average molecular weight is 519 g/mol. The number of benzene rings is 3. The molecule has 0 unspecified atom stereocenters. The second-order valence-electron chi connectivity index (χ2n) is 6.16. The molecule has 3 aromatic rings. The molecule has 3 nitrogen and oxygen atoms in total. The molecule has 6 heteroatoms. The number of sulfonamides is 1. The van der Waals surface area contributed by atoms with Crippen LogP contribution in [0.5, 0.6) is 0 Å². The molecule has 28 heavy (non-hydrogen) atoms. The van der Waals surface area contributed by atoms with E-state index in [1.54, 1.807) is 30.3 Å². The smallest absolute Gasteiger partial charge is 0.199 e. The zero-order chi connectivity index (χ0) is 20.1. The lowest BCUT2D eigenvalue weighted by atomic mass is 10.1. The van der Waals surface area contributed by atoms with Crippen molar-refractivity contribution in [2.24, 2.45) is 4.40 Å². The predicted molar refractivity (Wildman–Crippen MR) is 122 cm³/mol. The maximum Gasteiger partial charge on any atom is 0.282 e. The normalized spacial score (nSPS) is 12.5. The van der Waals surface area contributed by atoms with Gasteiger partial charge in [0.05, 0.1) is 10.6 Å². The Hall–Kier alpha value is -2.02. The van der Waals surface area contributed by atoms with Crippen molar-refractivity contribution in [1.82, 2.24) is 0 Å². The van der Waals surface area contributed by atoms with Crippen LogP contribution in [0.4, 0.5) is 0 Å². The number of halogens is 2. The molecular weight excluding hydrogens is 502 g/mol. The van der Waals surface area contributed by atoms with Crippen molar-refractivity contribution < 1.29 is 8.42 Å². The number of hydrogen-bond donors (Lipinski definition) is 0. The van der Waals surface area contributed by atoms with Gasteiger partial charge in [-0.1, -0.05) is 79.9 Å². The summed E-state index contributed by atoms with van der Waals surface area (Å²) >= 11 is 6.81. The molecule has 0 aliphatic heterocycles. The number of hydrogen-bond acceptors (Lipinski definition) is 2. The van der Waals surface area contributed by atoms with Crippen LogP contribution in [0.15, 0.2) is 97.1 Å². The van der Waals surface area contributed by atoms with Crippen molar-refractivity contribution in [2.45, 2.75) is 11.8 Å². The van der Waals surface area contributed by atoms with E-state index in [0.717, 1.165) is 20.1 Å². The van der Waals surface area contributed by atoms with Crippen LogP contribution in [0, 0.1) is 6.92 Å². The molecule has 0 aromatic heterocycles. The van der Waals surface area contributed by atoms with Crippen molar-refractivity contribution in [3.63, 3.8) is 0 Å². The molecule has 3 aromatic carbocycles. The fourth-order valence-electron chi connectivity index (χ4n) is 2.44. The summed E-state index contributed by atoms with van der Waals surface area (Å²) in [6.07, 6.45) is 3.57. The Morgan fingerprint density at radius 3 is 1.93 bits per heavy atom. The zero-order valence-corrected chi connectivity index (χ0v) is 19.0. The Morgan fingerprint density at radius 2 is 1.36 bits per heavy atom. The maximum absolute atomic E-state index is 12.8. The Bertz CT molecular complexity index is 1120. The third-order valence-corrected chi connectivity index (χ3v) is 6.34. The van der Waals surface area contributed by atoms with E-state index in [4.69, 9.17) is 0 Å². The fraction of sp³-hybridized carbons (Fsp3) is 0.0455. The quantitative estimate of drug-likeness (QED) is 0.366. The van der Waals surface area contributed by atoms with Crippen LogP contribution in [-0.2, 0) is 10.0 Å². The van der Waals surface area contributed by atoms with Crippen LogP contribution in [0.3, 0.4) is 0 Å². The molecule has 0 bridgehead atoms. The minimum atomic E-state index is -3.83. The fourth-order valence-corrected chi connectivity index (χ4v) is 3.98. The third kappa shape index (κ3) is 5.50. The molecule has 0 saturated heterocycles. The van der Waals surface area contributed by atoms with Crippen LogP contribution < -0.4 is 0 Å². The first-order valence-corrected chi connectivity index (χ1v) is 11.5. The van der Waals surface area contributed by atoms with Crippen LogP contribution >= 0.6 is 31.9 Å². The molecule has 0 radical (unpaired) electrons. The molecular formula is C22H17Br2NO2S. The minimum Gasteiger partial charge on any atom is -0.199 e. The van der Waals surface area contributed by atoms with E-state index in [-0.39, 0.29) is 4.90 Å². The van der Waals surface area contributed by atoms with E-state index in [0.29, 0.717) is 11.3 Å². The number of rotatable bonds is 5. The highest BCUT2D eigenvalue weighted by atomic mass is 79.9. The highest BCUT2D eigenvalue weighted by Gasteiger charge is 2.14. The molecule has 0 spiro atoms. The topological polar surface area (TPSA) is 46.5 Å². The van der Waals surface area contributed by atoms with Gasteiger partial charge in [-0.2, -0.15) is 12.8 Å². The zero-order valence-electron chi connectivity index (χ0n) is 15.0. The lowest BCUT2D eigenvalue weighted by Gasteiger charge is -2.05. The molecule has 0 N–H and O–H groups in total. The van der Waals surface area contributed by atoms with Gasteiger partial charge in [-0.05, 0) is 55.0 Å². The Balaban J connectivity index is 2.04. The summed E-state index contributed by atoms with van der Waals surface area (Å²) in [5.41, 5.74) is 3.02. The third-order valence-electron chi connectivity index (χ3n) is 3.98. The first kappa shape index (κ1) is 20.7. The molecule has 0 amide bonds. The number of allylic oxidation sites excluding steroid dienone is 1. The van der Waals surface area contributed by atoms with Gasteiger partial charge in [-0.25, -0.2) is 0 Å². The average Bonchev–Trinajstić information content (AvgIpc) is 2.67. The maximum atomic E-state index is 12.8. The minimum absolute atomic E-state index is 0.171. The van der Waals surface area contributed by atoms with Crippen LogP contribution in [-0.4, -0.2) is 14.1 Å². The molecule has 0 aliphatic rings. The van der Waals surface area contributed by atoms with Gasteiger partial charge in [0.25, 0.3) is 10.0 Å². The molecule has 0 saturated carbocycles. The summed E-state index contributed by atoms with van der Waals surface area (Å²) in [7, 11) is -3.83. The summed E-state index contributed by atoms with van der Waals surface area (Å²) < 4.78 is 31.6. The summed E-state index contributed by atoms with van der Waals surface area (Å²) in [5, 5.41) is 0. The first-order valence-electron chi connectivity index (χ1n) is 8.45. The molecule has 0 fully saturated rings. The van der Waals surface area contributed by atoms with Crippen molar-refractivity contribution in [2.75, 3.05) is 0 Å². The largest absolute Gasteiger partial charge is 0.282 e. The van der Waals surface area contributed by atoms with Gasteiger partial charge in [-0.15, -0.1) is 0 Å². The van der Waals surface area contributed by atoms with Crippen molar-refractivity contribution >= 4 is 53.7 Å². The summed E-state index contributed by atoms with van der Waals surface area (Å²) in [6, 6.07) is 21.8. The molecule has 0 aliphatic carbocycles. The van der Waals surface area contributed by atoms with Crippen LogP contribution in [0.25, 0.3) is 6.08 Å². The standard InChI is InChI=1S/C22H17Br2NO2S/c1-16-2-13-21(14-3-16)28(26,27)25-22(18-7-11-20(24)12-8-18)15-6-17-4-9-19(23)10-5-17/h2-15H,1H3/b15-6+,25-22+. The van der Waals surface area contributed by atoms with E-state index in [2.05, 4.69) is 36.3 Å². The Labute approximate surface area is 182 Å². The lowest BCUT2D eigenvalue weighted by molar-refractivity contribution is 0.598. The second kappa shape index (κ2) is 8.99. The SMILES string of the molecule is Cc1ccc(S(=O)(=O)/N=C(\C=C\c2ccc(Br)cc2)c2ccc(Br)cc2)cc1. The van der Waals surface area contributed by atoms with Gasteiger partial charge in [0.2, 0.25) is 0 Å². The number of nitrogens with zero attached hydrogens (tertiary/aromatic N) is 1. The summed E-state index contributed by atoms with van der Waals surface area (Å²) in [5.74, 6) is 0. The molecule has 0 heterocycles. The molecule has 142 valence electrons. The highest BCUT2D eigenvalue weighted by Crippen LogP contribution is 2.18. The van der Waals surface area contributed by atoms with E-state index in [1.165, 1.54) is 0 Å². The van der Waals surface area contributed by atoms with Gasteiger partial charge in [0.15, 0.2) is 0 Å². The second-order valence-corrected chi connectivity index (χ2v) is 9.59. The molecule has 0 atom stereocenters. The Morgan fingerprint density at radius 1 is 0.821 bits per heavy atom. The van der Waals surface area contributed by atoms with Crippen molar-refractivity contribution in [1.29, 1.82) is 0 Å². The predicted octanol–water partition coefficient (Wildman–Crippen LogP) is 6.41.